The van der Waals surface area contributed by atoms with E-state index in [-0.39, 0.29) is 11.9 Å². The molecule has 0 aliphatic heterocycles. The van der Waals surface area contributed by atoms with Crippen LogP contribution >= 0.6 is 0 Å². The van der Waals surface area contributed by atoms with Crippen LogP contribution in [-0.4, -0.2) is 6.54 Å². The van der Waals surface area contributed by atoms with Crippen LogP contribution in [0, 0.1) is 19.7 Å². The van der Waals surface area contributed by atoms with E-state index in [0.29, 0.717) is 12.3 Å². The minimum absolute atomic E-state index is 0.217. The van der Waals surface area contributed by atoms with Crippen LogP contribution in [0.1, 0.15) is 22.8 Å². The zero-order chi connectivity index (χ0) is 13.8. The van der Waals surface area contributed by atoms with E-state index in [1.54, 1.807) is 6.07 Å². The van der Waals surface area contributed by atoms with Crippen LogP contribution < -0.4 is 10.5 Å². The van der Waals surface area contributed by atoms with Crippen molar-refractivity contribution in [2.45, 2.75) is 20.0 Å². The van der Waals surface area contributed by atoms with Crippen LogP contribution in [0.3, 0.4) is 0 Å². The molecule has 0 saturated heterocycles. The number of hydrogen-bond acceptors (Lipinski definition) is 2. The first-order chi connectivity index (χ1) is 9.11. The number of nitrogens with two attached hydrogens (primary N) is 1. The second-order valence-corrected chi connectivity index (χ2v) is 4.61. The molecule has 0 spiro atoms. The van der Waals surface area contributed by atoms with Crippen LogP contribution in [0.15, 0.2) is 42.5 Å². The molecule has 0 aromatic heterocycles. The molecule has 2 aromatic rings. The summed E-state index contributed by atoms with van der Waals surface area (Å²) in [7, 11) is 0. The van der Waals surface area contributed by atoms with E-state index in [1.165, 1.54) is 12.1 Å². The molecular formula is C16H18FNO. The minimum atomic E-state index is -0.259. The highest BCUT2D eigenvalue weighted by molar-refractivity contribution is 5.35. The van der Waals surface area contributed by atoms with Gasteiger partial charge in [0.1, 0.15) is 17.7 Å². The Morgan fingerprint density at radius 1 is 1.11 bits per heavy atom. The van der Waals surface area contributed by atoms with E-state index >= 15 is 0 Å². The van der Waals surface area contributed by atoms with Gasteiger partial charge in [0.25, 0.3) is 0 Å². The quantitative estimate of drug-likeness (QED) is 0.911. The summed E-state index contributed by atoms with van der Waals surface area (Å²) in [6.45, 7) is 4.23. The molecule has 0 saturated carbocycles. The van der Waals surface area contributed by atoms with E-state index in [4.69, 9.17) is 10.5 Å². The number of aryl methyl sites for hydroxylation is 2. The number of halogens is 1. The number of rotatable bonds is 4. The summed E-state index contributed by atoms with van der Waals surface area (Å²) in [5.74, 6) is 0.408. The van der Waals surface area contributed by atoms with Gasteiger partial charge in [0.15, 0.2) is 0 Å². The second kappa shape index (κ2) is 5.85. The molecule has 1 atom stereocenters. The largest absolute Gasteiger partial charge is 0.484 e. The van der Waals surface area contributed by atoms with Gasteiger partial charge in [-0.2, -0.15) is 0 Å². The molecule has 0 aliphatic carbocycles. The number of ether oxygens (including phenoxy) is 1. The fourth-order valence-corrected chi connectivity index (χ4v) is 2.08. The highest BCUT2D eigenvalue weighted by atomic mass is 19.1. The third kappa shape index (κ3) is 3.12. The fourth-order valence-electron chi connectivity index (χ4n) is 2.08. The standard InChI is InChI=1S/C16H18FNO/c1-11-5-3-4-6-14(11)16(10-18)19-15-8-7-13(17)9-12(15)2/h3-9,16H,10,18H2,1-2H3. The molecule has 3 heteroatoms. The van der Waals surface area contributed by atoms with Crippen molar-refractivity contribution in [3.8, 4) is 5.75 Å². The van der Waals surface area contributed by atoms with Gasteiger partial charge in [-0.05, 0) is 48.7 Å². The molecule has 2 nitrogen and oxygen atoms in total. The lowest BCUT2D eigenvalue weighted by atomic mass is 10.0. The first kappa shape index (κ1) is 13.6. The normalized spacial score (nSPS) is 12.2. The van der Waals surface area contributed by atoms with Crippen molar-refractivity contribution in [2.75, 3.05) is 6.54 Å². The Hall–Kier alpha value is -1.87. The van der Waals surface area contributed by atoms with E-state index in [0.717, 1.165) is 16.7 Å². The zero-order valence-electron chi connectivity index (χ0n) is 11.2. The van der Waals surface area contributed by atoms with Gasteiger partial charge >= 0.3 is 0 Å². The van der Waals surface area contributed by atoms with Gasteiger partial charge in [0.05, 0.1) is 0 Å². The van der Waals surface area contributed by atoms with E-state index in [9.17, 15) is 4.39 Å². The summed E-state index contributed by atoms with van der Waals surface area (Å²) in [6, 6.07) is 12.5. The van der Waals surface area contributed by atoms with Gasteiger partial charge < -0.3 is 10.5 Å². The summed E-state index contributed by atoms with van der Waals surface area (Å²) in [5.41, 5.74) is 8.77. The summed E-state index contributed by atoms with van der Waals surface area (Å²) >= 11 is 0. The lowest BCUT2D eigenvalue weighted by molar-refractivity contribution is 0.212. The molecule has 0 radical (unpaired) electrons. The average molecular weight is 259 g/mol. The Morgan fingerprint density at radius 3 is 2.47 bits per heavy atom. The zero-order valence-corrected chi connectivity index (χ0v) is 11.2. The molecule has 1 unspecified atom stereocenters. The monoisotopic (exact) mass is 259 g/mol. The Balaban J connectivity index is 2.27. The summed E-state index contributed by atoms with van der Waals surface area (Å²) in [6.07, 6.45) is -0.217. The highest BCUT2D eigenvalue weighted by Gasteiger charge is 2.14. The van der Waals surface area contributed by atoms with Gasteiger partial charge in [-0.1, -0.05) is 24.3 Å². The van der Waals surface area contributed by atoms with Crippen molar-refractivity contribution in [1.29, 1.82) is 0 Å². The Morgan fingerprint density at radius 2 is 1.84 bits per heavy atom. The topological polar surface area (TPSA) is 35.2 Å². The molecule has 2 aromatic carbocycles. The van der Waals surface area contributed by atoms with Crippen LogP contribution in [0.2, 0.25) is 0 Å². The van der Waals surface area contributed by atoms with Gasteiger partial charge in [-0.25, -0.2) is 4.39 Å². The maximum Gasteiger partial charge on any atom is 0.136 e. The SMILES string of the molecule is Cc1cc(F)ccc1OC(CN)c1ccccc1C. The molecule has 0 heterocycles. The average Bonchev–Trinajstić information content (AvgIpc) is 2.39. The van der Waals surface area contributed by atoms with E-state index < -0.39 is 0 Å². The van der Waals surface area contributed by atoms with Crippen molar-refractivity contribution in [3.63, 3.8) is 0 Å². The lowest BCUT2D eigenvalue weighted by Crippen LogP contribution is -2.19. The van der Waals surface area contributed by atoms with Gasteiger partial charge in [0, 0.05) is 6.54 Å². The Labute approximate surface area is 113 Å². The molecule has 0 fully saturated rings. The number of hydrogen-bond donors (Lipinski definition) is 1. The molecule has 0 aliphatic rings. The first-order valence-corrected chi connectivity index (χ1v) is 6.30. The molecule has 19 heavy (non-hydrogen) atoms. The third-order valence-electron chi connectivity index (χ3n) is 3.16. The van der Waals surface area contributed by atoms with Crippen molar-refractivity contribution in [2.24, 2.45) is 5.73 Å². The van der Waals surface area contributed by atoms with Crippen LogP contribution in [0.5, 0.6) is 5.75 Å². The van der Waals surface area contributed by atoms with Crippen LogP contribution in [0.4, 0.5) is 4.39 Å². The Bertz CT molecular complexity index is 568. The third-order valence-corrected chi connectivity index (χ3v) is 3.16. The first-order valence-electron chi connectivity index (χ1n) is 6.30. The minimum Gasteiger partial charge on any atom is -0.484 e. The smallest absolute Gasteiger partial charge is 0.136 e. The molecule has 0 amide bonds. The van der Waals surface area contributed by atoms with Gasteiger partial charge in [0.2, 0.25) is 0 Å². The van der Waals surface area contributed by atoms with Crippen molar-refractivity contribution < 1.29 is 9.13 Å². The fraction of sp³-hybridized carbons (Fsp3) is 0.250. The number of benzene rings is 2. The molecule has 0 bridgehead atoms. The Kier molecular flexibility index (Phi) is 4.17. The lowest BCUT2D eigenvalue weighted by Gasteiger charge is -2.20. The summed E-state index contributed by atoms with van der Waals surface area (Å²) in [4.78, 5) is 0. The van der Waals surface area contributed by atoms with Gasteiger partial charge in [-0.3, -0.25) is 0 Å². The maximum atomic E-state index is 13.1. The van der Waals surface area contributed by atoms with Crippen molar-refractivity contribution >= 4 is 0 Å². The second-order valence-electron chi connectivity index (χ2n) is 4.61. The molecule has 2 rings (SSSR count). The van der Waals surface area contributed by atoms with Crippen LogP contribution in [-0.2, 0) is 0 Å². The van der Waals surface area contributed by atoms with Crippen molar-refractivity contribution in [1.82, 2.24) is 0 Å². The summed E-state index contributed by atoms with van der Waals surface area (Å²) in [5, 5.41) is 0. The molecule has 100 valence electrons. The predicted molar refractivity (Wildman–Crippen MR) is 74.7 cm³/mol. The predicted octanol–water partition coefficient (Wildman–Crippen LogP) is 3.52. The van der Waals surface area contributed by atoms with E-state index in [2.05, 4.69) is 0 Å². The molecule has 2 N–H and O–H groups in total. The van der Waals surface area contributed by atoms with Gasteiger partial charge in [-0.15, -0.1) is 0 Å². The highest BCUT2D eigenvalue weighted by Crippen LogP contribution is 2.26. The van der Waals surface area contributed by atoms with Crippen molar-refractivity contribution in [3.05, 3.63) is 65.0 Å². The summed E-state index contributed by atoms with van der Waals surface area (Å²) < 4.78 is 19.0. The molecular weight excluding hydrogens is 241 g/mol. The van der Waals surface area contributed by atoms with Crippen LogP contribution in [0.25, 0.3) is 0 Å². The van der Waals surface area contributed by atoms with E-state index in [1.807, 2.05) is 38.1 Å². The maximum absolute atomic E-state index is 13.1.